The van der Waals surface area contributed by atoms with E-state index in [0.29, 0.717) is 13.1 Å². The van der Waals surface area contributed by atoms with Crippen molar-refractivity contribution in [3.8, 4) is 0 Å². The zero-order valence-corrected chi connectivity index (χ0v) is 17.7. The molecule has 1 saturated heterocycles. The Kier molecular flexibility index (Phi) is 11.6. The molecule has 158 valence electrons. The third kappa shape index (κ3) is 8.91. The van der Waals surface area contributed by atoms with E-state index in [4.69, 9.17) is 0 Å². The molecule has 7 nitrogen and oxygen atoms in total. The van der Waals surface area contributed by atoms with Crippen molar-refractivity contribution in [1.29, 1.82) is 0 Å². The normalized spacial score (nSPS) is 15.4. The summed E-state index contributed by atoms with van der Waals surface area (Å²) < 4.78 is 0. The molecule has 1 aliphatic heterocycles. The molecule has 0 spiro atoms. The van der Waals surface area contributed by atoms with Crippen LogP contribution in [0.15, 0.2) is 30.3 Å². The van der Waals surface area contributed by atoms with E-state index in [9.17, 15) is 9.59 Å². The highest BCUT2D eigenvalue weighted by Crippen LogP contribution is 2.03. The van der Waals surface area contributed by atoms with Gasteiger partial charge in [-0.3, -0.25) is 4.79 Å². The zero-order chi connectivity index (χ0) is 19.5. The van der Waals surface area contributed by atoms with Crippen molar-refractivity contribution >= 4 is 24.3 Å². The van der Waals surface area contributed by atoms with Crippen molar-refractivity contribution in [2.24, 2.45) is 5.92 Å². The molecular weight excluding hydrogens is 378 g/mol. The van der Waals surface area contributed by atoms with Gasteiger partial charge < -0.3 is 26.2 Å². The van der Waals surface area contributed by atoms with Gasteiger partial charge in [0.2, 0.25) is 5.91 Å². The van der Waals surface area contributed by atoms with Crippen molar-refractivity contribution < 1.29 is 9.59 Å². The number of carbonyl (C=O) groups is 2. The minimum atomic E-state index is -0.542. The minimum Gasteiger partial charge on any atom is -0.354 e. The quantitative estimate of drug-likeness (QED) is 0.462. The topological polar surface area (TPSA) is 85.5 Å². The van der Waals surface area contributed by atoms with E-state index in [1.807, 2.05) is 44.2 Å². The molecule has 3 amide bonds. The molecule has 0 radical (unpaired) electrons. The minimum absolute atomic E-state index is 0. The van der Waals surface area contributed by atoms with Gasteiger partial charge >= 0.3 is 6.03 Å². The molecule has 1 aliphatic rings. The van der Waals surface area contributed by atoms with Gasteiger partial charge in [0.25, 0.3) is 0 Å². The van der Waals surface area contributed by atoms with Crippen LogP contribution >= 0.6 is 12.4 Å². The Morgan fingerprint density at radius 1 is 1.11 bits per heavy atom. The van der Waals surface area contributed by atoms with Gasteiger partial charge in [0.1, 0.15) is 6.04 Å². The monoisotopic (exact) mass is 411 g/mol. The van der Waals surface area contributed by atoms with Crippen molar-refractivity contribution in [3.05, 3.63) is 35.9 Å². The molecule has 28 heavy (non-hydrogen) atoms. The number of urea groups is 1. The highest BCUT2D eigenvalue weighted by molar-refractivity contribution is 5.87. The predicted octanol–water partition coefficient (Wildman–Crippen LogP) is 1.34. The molecule has 0 bridgehead atoms. The summed E-state index contributed by atoms with van der Waals surface area (Å²) in [7, 11) is 0. The lowest BCUT2D eigenvalue weighted by atomic mass is 10.0. The van der Waals surface area contributed by atoms with Gasteiger partial charge in [-0.25, -0.2) is 4.79 Å². The summed E-state index contributed by atoms with van der Waals surface area (Å²) in [5, 5.41) is 11.9. The Balaban J connectivity index is 0.00000392. The molecule has 0 aromatic heterocycles. The summed E-state index contributed by atoms with van der Waals surface area (Å²) in [6.07, 6.45) is 0.913. The van der Waals surface area contributed by atoms with Gasteiger partial charge in [0.15, 0.2) is 0 Å². The lowest BCUT2D eigenvalue weighted by Gasteiger charge is -2.27. The molecule has 1 atom stereocenters. The van der Waals surface area contributed by atoms with Crippen LogP contribution in [0.25, 0.3) is 0 Å². The fourth-order valence-corrected chi connectivity index (χ4v) is 3.06. The van der Waals surface area contributed by atoms with Gasteiger partial charge in [0, 0.05) is 39.3 Å². The number of halogens is 1. The molecule has 2 rings (SSSR count). The number of hydrogen-bond acceptors (Lipinski definition) is 4. The van der Waals surface area contributed by atoms with Crippen LogP contribution in [0.1, 0.15) is 25.8 Å². The third-order valence-corrected chi connectivity index (χ3v) is 4.69. The summed E-state index contributed by atoms with van der Waals surface area (Å²) >= 11 is 0. The zero-order valence-electron chi connectivity index (χ0n) is 16.9. The van der Waals surface area contributed by atoms with Crippen molar-refractivity contribution in [2.75, 3.05) is 39.3 Å². The summed E-state index contributed by atoms with van der Waals surface area (Å²) in [6.45, 7) is 10.1. The number of rotatable bonds is 9. The average molecular weight is 412 g/mol. The molecule has 1 aromatic carbocycles. The maximum Gasteiger partial charge on any atom is 0.315 e. The van der Waals surface area contributed by atoms with Crippen LogP contribution in [0.4, 0.5) is 4.79 Å². The molecule has 1 aromatic rings. The summed E-state index contributed by atoms with van der Waals surface area (Å²) in [5.41, 5.74) is 1.02. The number of amides is 3. The first-order chi connectivity index (χ1) is 13.1. The number of piperazine rings is 1. The molecule has 0 aliphatic carbocycles. The second-order valence-electron chi connectivity index (χ2n) is 7.27. The Labute approximate surface area is 174 Å². The van der Waals surface area contributed by atoms with E-state index in [1.54, 1.807) is 0 Å². The second-order valence-corrected chi connectivity index (χ2v) is 7.27. The average Bonchev–Trinajstić information content (AvgIpc) is 2.69. The van der Waals surface area contributed by atoms with Crippen molar-refractivity contribution in [1.82, 2.24) is 26.2 Å². The Bertz CT molecular complexity index is 579. The maximum atomic E-state index is 12.5. The SMILES string of the molecule is CC(C)C(NC(=O)NCc1ccccc1)C(=O)NCCCN1CCNCC1.Cl. The van der Waals surface area contributed by atoms with Crippen molar-refractivity contribution in [3.63, 3.8) is 0 Å². The van der Waals surface area contributed by atoms with E-state index in [1.165, 1.54) is 0 Å². The molecule has 1 unspecified atom stereocenters. The molecule has 4 N–H and O–H groups in total. The van der Waals surface area contributed by atoms with Crippen LogP contribution in [0.5, 0.6) is 0 Å². The van der Waals surface area contributed by atoms with Gasteiger partial charge in [-0.1, -0.05) is 44.2 Å². The van der Waals surface area contributed by atoms with Crippen LogP contribution in [-0.4, -0.2) is 62.1 Å². The molecular formula is C20H34ClN5O2. The highest BCUT2D eigenvalue weighted by Gasteiger charge is 2.23. The molecule has 0 saturated carbocycles. The highest BCUT2D eigenvalue weighted by atomic mass is 35.5. The lowest BCUT2D eigenvalue weighted by molar-refractivity contribution is -0.123. The first-order valence-electron chi connectivity index (χ1n) is 9.85. The first-order valence-corrected chi connectivity index (χ1v) is 9.85. The van der Waals surface area contributed by atoms with Crippen LogP contribution < -0.4 is 21.3 Å². The number of hydrogen-bond donors (Lipinski definition) is 4. The second kappa shape index (κ2) is 13.4. The molecule has 8 heteroatoms. The predicted molar refractivity (Wildman–Crippen MR) is 115 cm³/mol. The molecule has 1 heterocycles. The fraction of sp³-hybridized carbons (Fsp3) is 0.600. The van der Waals surface area contributed by atoms with Gasteiger partial charge in [-0.2, -0.15) is 0 Å². The maximum absolute atomic E-state index is 12.5. The van der Waals surface area contributed by atoms with Crippen molar-refractivity contribution in [2.45, 2.75) is 32.9 Å². The summed E-state index contributed by atoms with van der Waals surface area (Å²) in [5.74, 6) is -0.110. The Hall–Kier alpha value is -1.83. The first kappa shape index (κ1) is 24.2. The fourth-order valence-electron chi connectivity index (χ4n) is 3.06. The summed E-state index contributed by atoms with van der Waals surface area (Å²) in [4.78, 5) is 27.0. The van der Waals surface area contributed by atoms with Gasteiger partial charge in [-0.15, -0.1) is 12.4 Å². The van der Waals surface area contributed by atoms with Crippen LogP contribution in [-0.2, 0) is 11.3 Å². The standard InChI is InChI=1S/C20H33N5O2.ClH/c1-16(2)18(24-20(27)23-15-17-7-4-3-5-8-17)19(26)22-9-6-12-25-13-10-21-11-14-25;/h3-5,7-8,16,18,21H,6,9-15H2,1-2H3,(H,22,26)(H2,23,24,27);1H. The van der Waals surface area contributed by atoms with Crippen LogP contribution in [0, 0.1) is 5.92 Å². The van der Waals surface area contributed by atoms with Gasteiger partial charge in [0.05, 0.1) is 0 Å². The third-order valence-electron chi connectivity index (χ3n) is 4.69. The molecule has 1 fully saturated rings. The number of nitrogens with one attached hydrogen (secondary N) is 4. The largest absolute Gasteiger partial charge is 0.354 e. The van der Waals surface area contributed by atoms with E-state index in [0.717, 1.165) is 44.7 Å². The van der Waals surface area contributed by atoms with E-state index in [-0.39, 0.29) is 30.3 Å². The summed E-state index contributed by atoms with van der Waals surface area (Å²) in [6, 6.07) is 8.83. The van der Waals surface area contributed by atoms with Crippen LogP contribution in [0.3, 0.4) is 0 Å². The van der Waals surface area contributed by atoms with Gasteiger partial charge in [-0.05, 0) is 24.4 Å². The lowest BCUT2D eigenvalue weighted by Crippen LogP contribution is -2.52. The Morgan fingerprint density at radius 3 is 2.43 bits per heavy atom. The smallest absolute Gasteiger partial charge is 0.315 e. The Morgan fingerprint density at radius 2 is 1.79 bits per heavy atom. The van der Waals surface area contributed by atoms with E-state index < -0.39 is 6.04 Å². The van der Waals surface area contributed by atoms with E-state index >= 15 is 0 Å². The number of nitrogens with zero attached hydrogens (tertiary/aromatic N) is 1. The van der Waals surface area contributed by atoms with E-state index in [2.05, 4.69) is 26.2 Å². The number of carbonyl (C=O) groups excluding carboxylic acids is 2. The van der Waals surface area contributed by atoms with Crippen LogP contribution in [0.2, 0.25) is 0 Å². The number of benzene rings is 1.